The maximum atomic E-state index is 12.5. The van der Waals surface area contributed by atoms with Crippen LogP contribution in [0.3, 0.4) is 0 Å². The molecule has 0 spiro atoms. The minimum absolute atomic E-state index is 0.107. The quantitative estimate of drug-likeness (QED) is 0.780. The molecule has 1 aromatic heterocycles. The monoisotopic (exact) mass is 350 g/mol. The molecule has 0 amide bonds. The van der Waals surface area contributed by atoms with Crippen molar-refractivity contribution >= 4 is 34.9 Å². The molecule has 1 aliphatic rings. The molecule has 5 nitrogen and oxygen atoms in total. The minimum atomic E-state index is -0.280. The summed E-state index contributed by atoms with van der Waals surface area (Å²) in [4.78, 5) is 17.0. The second-order valence-corrected chi connectivity index (χ2v) is 6.43. The molecule has 0 atom stereocenters. The third-order valence-electron chi connectivity index (χ3n) is 3.98. The Kier molecular flexibility index (Phi) is 3.74. The topological polar surface area (TPSA) is 63.8 Å². The predicted octanol–water partition coefficient (Wildman–Crippen LogP) is 3.87. The number of benzene rings is 2. The van der Waals surface area contributed by atoms with Crippen molar-refractivity contribution in [1.29, 1.82) is 0 Å². The number of thiazole rings is 1. The first-order valence-electron chi connectivity index (χ1n) is 7.62. The van der Waals surface area contributed by atoms with Crippen LogP contribution >= 0.6 is 11.3 Å². The van der Waals surface area contributed by atoms with Gasteiger partial charge in [0, 0.05) is 17.4 Å². The second-order valence-electron chi connectivity index (χ2n) is 5.44. The Hall–Kier alpha value is -3.12. The average molecular weight is 350 g/mol. The molecule has 2 heterocycles. The molecule has 124 valence electrons. The van der Waals surface area contributed by atoms with Crippen LogP contribution in [0.1, 0.15) is 10.4 Å². The van der Waals surface area contributed by atoms with E-state index in [0.717, 1.165) is 28.2 Å². The van der Waals surface area contributed by atoms with Crippen molar-refractivity contribution in [3.63, 3.8) is 0 Å². The third-order valence-corrected chi connectivity index (χ3v) is 4.86. The van der Waals surface area contributed by atoms with E-state index in [9.17, 15) is 9.90 Å². The number of para-hydroxylation sites is 3. The van der Waals surface area contributed by atoms with Gasteiger partial charge in [-0.2, -0.15) is 0 Å². The lowest BCUT2D eigenvalue weighted by atomic mass is 10.1. The lowest BCUT2D eigenvalue weighted by Crippen LogP contribution is -2.10. The van der Waals surface area contributed by atoms with Gasteiger partial charge in [-0.15, -0.1) is 0 Å². The number of aromatic nitrogens is 1. The van der Waals surface area contributed by atoms with Gasteiger partial charge in [0.2, 0.25) is 5.88 Å². The van der Waals surface area contributed by atoms with Crippen molar-refractivity contribution in [2.75, 3.05) is 7.11 Å². The molecule has 4 rings (SSSR count). The van der Waals surface area contributed by atoms with Crippen LogP contribution < -0.4 is 9.61 Å². The number of ether oxygens (including phenoxy) is 1. The summed E-state index contributed by atoms with van der Waals surface area (Å²) in [5.41, 5.74) is 3.23. The van der Waals surface area contributed by atoms with E-state index < -0.39 is 0 Å². The summed E-state index contributed by atoms with van der Waals surface area (Å²) >= 11 is 0.980. The van der Waals surface area contributed by atoms with Gasteiger partial charge in [-0.05, 0) is 24.3 Å². The summed E-state index contributed by atoms with van der Waals surface area (Å²) < 4.78 is 6.55. The van der Waals surface area contributed by atoms with Crippen LogP contribution in [0.25, 0.3) is 17.3 Å². The molecular formula is C19H14N2O3S. The number of hydrogen-bond donors (Lipinski definition) is 1. The highest BCUT2D eigenvalue weighted by atomic mass is 32.1. The fourth-order valence-electron chi connectivity index (χ4n) is 2.80. The first-order chi connectivity index (χ1) is 12.2. The van der Waals surface area contributed by atoms with Gasteiger partial charge in [-0.25, -0.2) is 4.57 Å². The number of methoxy groups -OCH3 is 1. The molecule has 0 saturated heterocycles. The Labute approximate surface area is 147 Å². The molecule has 2 aromatic carbocycles. The van der Waals surface area contributed by atoms with Gasteiger partial charge in [0.05, 0.1) is 23.4 Å². The van der Waals surface area contributed by atoms with Gasteiger partial charge in [-0.1, -0.05) is 41.7 Å². The zero-order valence-corrected chi connectivity index (χ0v) is 14.2. The SMILES string of the molecule is COc1ccccc1-n1c(O)c(C=C2C=Nc3ccccc32)sc1=O. The molecule has 0 fully saturated rings. The van der Waals surface area contributed by atoms with Crippen molar-refractivity contribution in [3.05, 3.63) is 68.6 Å². The molecule has 0 radical (unpaired) electrons. The highest BCUT2D eigenvalue weighted by Gasteiger charge is 2.19. The molecule has 0 saturated carbocycles. The van der Waals surface area contributed by atoms with Gasteiger partial charge in [-0.3, -0.25) is 9.79 Å². The van der Waals surface area contributed by atoms with Crippen LogP contribution in [0.15, 0.2) is 58.3 Å². The van der Waals surface area contributed by atoms with E-state index in [1.807, 2.05) is 30.3 Å². The predicted molar refractivity (Wildman–Crippen MR) is 101 cm³/mol. The van der Waals surface area contributed by atoms with Crippen LogP contribution in [-0.4, -0.2) is 23.0 Å². The molecule has 25 heavy (non-hydrogen) atoms. The standard InChI is InChI=1S/C19H14N2O3S/c1-24-16-9-5-4-8-15(16)21-18(22)17(25-19(21)23)10-12-11-20-14-7-3-2-6-13(12)14/h2-11,22H,1H3. The molecular weight excluding hydrogens is 336 g/mol. The Morgan fingerprint density at radius 1 is 1.16 bits per heavy atom. The summed E-state index contributed by atoms with van der Waals surface area (Å²) in [6, 6.07) is 14.8. The van der Waals surface area contributed by atoms with E-state index in [2.05, 4.69) is 4.99 Å². The van der Waals surface area contributed by atoms with E-state index in [4.69, 9.17) is 4.74 Å². The zero-order valence-electron chi connectivity index (χ0n) is 13.3. The fraction of sp³-hybridized carbons (Fsp3) is 0.0526. The first kappa shape index (κ1) is 15.4. The summed E-state index contributed by atoms with van der Waals surface area (Å²) in [7, 11) is 1.53. The Morgan fingerprint density at radius 2 is 1.92 bits per heavy atom. The maximum absolute atomic E-state index is 12.5. The minimum Gasteiger partial charge on any atom is -0.495 e. The Balaban J connectivity index is 1.84. The smallest absolute Gasteiger partial charge is 0.315 e. The molecule has 0 aliphatic carbocycles. The molecule has 0 bridgehead atoms. The van der Waals surface area contributed by atoms with Gasteiger partial charge in [0.15, 0.2) is 0 Å². The van der Waals surface area contributed by atoms with Crippen LogP contribution in [0, 0.1) is 0 Å². The van der Waals surface area contributed by atoms with Gasteiger partial charge in [0.1, 0.15) is 5.75 Å². The van der Waals surface area contributed by atoms with Crippen molar-refractivity contribution in [2.45, 2.75) is 0 Å². The summed E-state index contributed by atoms with van der Waals surface area (Å²) in [6.07, 6.45) is 3.52. The van der Waals surface area contributed by atoms with Gasteiger partial charge in [0.25, 0.3) is 0 Å². The zero-order chi connectivity index (χ0) is 17.4. The lowest BCUT2D eigenvalue weighted by molar-refractivity contribution is 0.405. The largest absolute Gasteiger partial charge is 0.495 e. The molecule has 6 heteroatoms. The van der Waals surface area contributed by atoms with Gasteiger partial charge < -0.3 is 9.84 Å². The highest BCUT2D eigenvalue weighted by Crippen LogP contribution is 2.35. The van der Waals surface area contributed by atoms with Crippen molar-refractivity contribution < 1.29 is 9.84 Å². The first-order valence-corrected chi connectivity index (χ1v) is 8.44. The number of nitrogens with zero attached hydrogens (tertiary/aromatic N) is 2. The Morgan fingerprint density at radius 3 is 2.76 bits per heavy atom. The molecule has 1 N–H and O–H groups in total. The normalized spacial score (nSPS) is 14.0. The number of rotatable bonds is 3. The highest BCUT2D eigenvalue weighted by molar-refractivity contribution is 7.10. The van der Waals surface area contributed by atoms with Crippen LogP contribution in [0.2, 0.25) is 0 Å². The molecule has 0 unspecified atom stereocenters. The molecule has 3 aromatic rings. The van der Waals surface area contributed by atoms with Crippen LogP contribution in [0.4, 0.5) is 5.69 Å². The van der Waals surface area contributed by atoms with Crippen LogP contribution in [-0.2, 0) is 0 Å². The number of fused-ring (bicyclic) bond motifs is 1. The number of aromatic hydroxyl groups is 1. The average Bonchev–Trinajstić information content (AvgIpc) is 3.16. The summed E-state index contributed by atoms with van der Waals surface area (Å²) in [5, 5.41) is 10.6. The van der Waals surface area contributed by atoms with Crippen molar-refractivity contribution in [3.8, 4) is 17.3 Å². The lowest BCUT2D eigenvalue weighted by Gasteiger charge is -2.09. The summed E-state index contributed by atoms with van der Waals surface area (Å²) in [6.45, 7) is 0. The third kappa shape index (κ3) is 2.56. The molecule has 1 aliphatic heterocycles. The maximum Gasteiger partial charge on any atom is 0.315 e. The van der Waals surface area contributed by atoms with E-state index in [1.54, 1.807) is 30.5 Å². The van der Waals surface area contributed by atoms with Gasteiger partial charge >= 0.3 is 4.87 Å². The van der Waals surface area contributed by atoms with Crippen molar-refractivity contribution in [1.82, 2.24) is 4.57 Å². The second kappa shape index (κ2) is 6.07. The van der Waals surface area contributed by atoms with E-state index >= 15 is 0 Å². The van der Waals surface area contributed by atoms with E-state index in [-0.39, 0.29) is 10.8 Å². The number of allylic oxidation sites excluding steroid dienone is 1. The summed E-state index contributed by atoms with van der Waals surface area (Å²) in [5.74, 6) is 0.412. The van der Waals surface area contributed by atoms with E-state index in [1.165, 1.54) is 11.7 Å². The van der Waals surface area contributed by atoms with Crippen LogP contribution in [0.5, 0.6) is 11.6 Å². The Bertz CT molecular complexity index is 1080. The number of hydrogen-bond acceptors (Lipinski definition) is 5. The number of aliphatic imine (C=N–C) groups is 1. The van der Waals surface area contributed by atoms with Crippen molar-refractivity contribution in [2.24, 2.45) is 4.99 Å². The van der Waals surface area contributed by atoms with E-state index in [0.29, 0.717) is 16.3 Å². The fourth-order valence-corrected chi connectivity index (χ4v) is 3.63.